The van der Waals surface area contributed by atoms with E-state index in [-0.39, 0.29) is 12.0 Å². The first-order valence-electron chi connectivity index (χ1n) is 16.8. The van der Waals surface area contributed by atoms with E-state index in [2.05, 4.69) is 0 Å². The standard InChI is InChI=1S/C36H42O18/c1-17-30-25(14-29(47-17)49-19(3)38)26(34(43)44-7)15-46-35(30)54-36-33(52-22(6)41)32(51-21(5)40)31(50-20(4)39)27(53-36)16-45-28(42)13-10-23-8-11-24(12-9-23)48-18(2)37/h8-13,15,17,25,27,29-33,35-36H,14,16H2,1-7H3/b13-10-/t17-,25+,27+,29+,30+,31+,32-,33+,35-,36-/m0/s1. The first kappa shape index (κ1) is 41.4. The minimum atomic E-state index is -1.63. The van der Waals surface area contributed by atoms with E-state index >= 15 is 0 Å². The van der Waals surface area contributed by atoms with Gasteiger partial charge in [0.1, 0.15) is 18.5 Å². The van der Waals surface area contributed by atoms with Gasteiger partial charge in [0, 0.05) is 53.0 Å². The van der Waals surface area contributed by atoms with E-state index in [4.69, 9.17) is 52.1 Å². The molecular formula is C36H42O18. The van der Waals surface area contributed by atoms with Crippen LogP contribution in [0, 0.1) is 11.8 Å². The van der Waals surface area contributed by atoms with Gasteiger partial charge >= 0.3 is 41.8 Å². The molecule has 2 fully saturated rings. The lowest BCUT2D eigenvalue weighted by molar-refractivity contribution is -0.354. The first-order chi connectivity index (χ1) is 25.6. The largest absolute Gasteiger partial charge is 0.471 e. The third-order valence-corrected chi connectivity index (χ3v) is 8.29. The predicted molar refractivity (Wildman–Crippen MR) is 177 cm³/mol. The molecule has 1 aromatic rings. The topological polar surface area (TPSA) is 221 Å². The van der Waals surface area contributed by atoms with Crippen LogP contribution in [0.5, 0.6) is 5.75 Å². The summed E-state index contributed by atoms with van der Waals surface area (Å²) >= 11 is 0. The lowest BCUT2D eigenvalue weighted by atomic mass is 9.77. The fourth-order valence-electron chi connectivity index (χ4n) is 6.26. The molecule has 0 bridgehead atoms. The predicted octanol–water partition coefficient (Wildman–Crippen LogP) is 2.05. The molecule has 0 aliphatic carbocycles. The van der Waals surface area contributed by atoms with E-state index in [9.17, 15) is 33.6 Å². The summed E-state index contributed by atoms with van der Waals surface area (Å²) in [7, 11) is 1.19. The summed E-state index contributed by atoms with van der Waals surface area (Å²) in [6.45, 7) is 6.78. The van der Waals surface area contributed by atoms with Crippen LogP contribution in [0.4, 0.5) is 0 Å². The van der Waals surface area contributed by atoms with Crippen LogP contribution in [0.1, 0.15) is 53.5 Å². The van der Waals surface area contributed by atoms with Crippen LogP contribution >= 0.6 is 0 Å². The zero-order valence-electron chi connectivity index (χ0n) is 30.6. The van der Waals surface area contributed by atoms with Crippen molar-refractivity contribution in [1.82, 2.24) is 0 Å². The molecule has 3 aliphatic heterocycles. The van der Waals surface area contributed by atoms with Crippen LogP contribution < -0.4 is 4.74 Å². The Morgan fingerprint density at radius 2 is 1.37 bits per heavy atom. The Labute approximate surface area is 309 Å². The van der Waals surface area contributed by atoms with E-state index in [0.29, 0.717) is 11.3 Å². The highest BCUT2D eigenvalue weighted by Gasteiger charge is 2.56. The summed E-state index contributed by atoms with van der Waals surface area (Å²) in [6, 6.07) is 6.26. The van der Waals surface area contributed by atoms with Crippen molar-refractivity contribution in [3.8, 4) is 5.75 Å². The molecule has 0 spiro atoms. The Bertz CT molecular complexity index is 1630. The summed E-state index contributed by atoms with van der Waals surface area (Å²) in [5.74, 6) is -6.34. The molecule has 2 saturated heterocycles. The Hall–Kier alpha value is -5.33. The smallest absolute Gasteiger partial charge is 0.337 e. The number of hydrogen-bond acceptors (Lipinski definition) is 18. The number of benzene rings is 1. The molecule has 4 rings (SSSR count). The van der Waals surface area contributed by atoms with Gasteiger partial charge < -0.3 is 52.1 Å². The molecule has 18 nitrogen and oxygen atoms in total. The molecule has 3 aliphatic rings. The Morgan fingerprint density at radius 1 is 0.759 bits per heavy atom. The van der Waals surface area contributed by atoms with Crippen LogP contribution in [-0.2, 0) is 80.9 Å². The SMILES string of the molecule is COC(=O)C1=CO[C@@H](O[C@@H]2O[C@H](COC(=O)/C=C\c3ccc(OC(C)=O)cc3)[C@@H](OC(C)=O)[C@H](OC(C)=O)[C@H]2OC(C)=O)[C@@H]2[C@H](C)O[C@H](OC(C)=O)C[C@H]12. The summed E-state index contributed by atoms with van der Waals surface area (Å²) in [5, 5.41) is 0. The number of ether oxygens (including phenoxy) is 11. The van der Waals surface area contributed by atoms with Gasteiger partial charge in [0.2, 0.25) is 18.9 Å². The number of carbonyl (C=O) groups is 7. The molecular weight excluding hydrogens is 720 g/mol. The zero-order chi connectivity index (χ0) is 39.7. The Morgan fingerprint density at radius 3 is 1.96 bits per heavy atom. The van der Waals surface area contributed by atoms with Crippen molar-refractivity contribution >= 4 is 47.9 Å². The quantitative estimate of drug-likeness (QED) is 0.129. The second-order valence-corrected chi connectivity index (χ2v) is 12.4. The third-order valence-electron chi connectivity index (χ3n) is 8.29. The van der Waals surface area contributed by atoms with Crippen molar-refractivity contribution in [1.29, 1.82) is 0 Å². The highest BCUT2D eigenvalue weighted by Crippen LogP contribution is 2.44. The molecule has 0 unspecified atom stereocenters. The van der Waals surface area contributed by atoms with E-state index < -0.39 is 110 Å². The van der Waals surface area contributed by atoms with E-state index in [0.717, 1.165) is 33.1 Å². The molecule has 0 radical (unpaired) electrons. The van der Waals surface area contributed by atoms with Crippen molar-refractivity contribution in [3.63, 3.8) is 0 Å². The van der Waals surface area contributed by atoms with Gasteiger partial charge in [0.15, 0.2) is 18.3 Å². The monoisotopic (exact) mass is 762 g/mol. The van der Waals surface area contributed by atoms with Crippen LogP contribution in [0.25, 0.3) is 6.08 Å². The van der Waals surface area contributed by atoms with Gasteiger partial charge in [-0.05, 0) is 30.7 Å². The van der Waals surface area contributed by atoms with Crippen LogP contribution in [-0.4, -0.2) is 105 Å². The molecule has 0 saturated carbocycles. The average Bonchev–Trinajstić information content (AvgIpc) is 3.08. The van der Waals surface area contributed by atoms with E-state index in [1.807, 2.05) is 0 Å². The number of esters is 7. The van der Waals surface area contributed by atoms with Crippen molar-refractivity contribution in [2.24, 2.45) is 11.8 Å². The Kier molecular flexibility index (Phi) is 14.3. The molecule has 0 N–H and O–H groups in total. The fourth-order valence-corrected chi connectivity index (χ4v) is 6.26. The van der Waals surface area contributed by atoms with E-state index in [1.54, 1.807) is 19.1 Å². The maximum absolute atomic E-state index is 12.8. The van der Waals surface area contributed by atoms with Gasteiger partial charge in [-0.15, -0.1) is 0 Å². The minimum absolute atomic E-state index is 0.0185. The summed E-state index contributed by atoms with van der Waals surface area (Å²) in [6.07, 6.45) is -6.98. The van der Waals surface area contributed by atoms with Crippen molar-refractivity contribution in [2.45, 2.75) is 97.4 Å². The minimum Gasteiger partial charge on any atom is -0.471 e. The first-order valence-corrected chi connectivity index (χ1v) is 16.8. The average molecular weight is 763 g/mol. The number of carbonyl (C=O) groups excluding carboxylic acids is 7. The maximum atomic E-state index is 12.8. The molecule has 0 aromatic heterocycles. The van der Waals surface area contributed by atoms with Gasteiger partial charge in [-0.25, -0.2) is 9.59 Å². The number of hydrogen-bond donors (Lipinski definition) is 0. The van der Waals surface area contributed by atoms with Gasteiger partial charge in [-0.2, -0.15) is 0 Å². The molecule has 1 aromatic carbocycles. The highest BCUT2D eigenvalue weighted by molar-refractivity contribution is 5.89. The maximum Gasteiger partial charge on any atom is 0.337 e. The number of methoxy groups -OCH3 is 1. The second kappa shape index (κ2) is 18.6. The van der Waals surface area contributed by atoms with Gasteiger partial charge in [0.25, 0.3) is 0 Å². The van der Waals surface area contributed by atoms with Crippen molar-refractivity contribution < 1.29 is 85.7 Å². The number of rotatable bonds is 12. The lowest BCUT2D eigenvalue weighted by Gasteiger charge is -2.48. The van der Waals surface area contributed by atoms with Crippen LogP contribution in [0.15, 0.2) is 42.2 Å². The molecule has 294 valence electrons. The summed E-state index contributed by atoms with van der Waals surface area (Å²) in [4.78, 5) is 85.5. The van der Waals surface area contributed by atoms with Gasteiger partial charge in [-0.3, -0.25) is 24.0 Å². The second-order valence-electron chi connectivity index (χ2n) is 12.4. The summed E-state index contributed by atoms with van der Waals surface area (Å²) in [5.41, 5.74) is 0.680. The normalized spacial score (nSPS) is 28.9. The van der Waals surface area contributed by atoms with Crippen molar-refractivity contribution in [2.75, 3.05) is 13.7 Å². The van der Waals surface area contributed by atoms with Crippen LogP contribution in [0.2, 0.25) is 0 Å². The van der Waals surface area contributed by atoms with E-state index in [1.165, 1.54) is 39.2 Å². The van der Waals surface area contributed by atoms with Gasteiger partial charge in [-0.1, -0.05) is 12.1 Å². The summed E-state index contributed by atoms with van der Waals surface area (Å²) < 4.78 is 61.4. The lowest BCUT2D eigenvalue weighted by Crippen LogP contribution is -2.64. The zero-order valence-corrected chi connectivity index (χ0v) is 30.6. The van der Waals surface area contributed by atoms with Crippen molar-refractivity contribution in [3.05, 3.63) is 47.7 Å². The molecule has 10 atom stereocenters. The molecule has 3 heterocycles. The molecule has 0 amide bonds. The highest BCUT2D eigenvalue weighted by atomic mass is 16.8. The van der Waals surface area contributed by atoms with Gasteiger partial charge in [0.05, 0.1) is 31.0 Å². The molecule has 18 heteroatoms. The fraction of sp³-hybridized carbons (Fsp3) is 0.528. The van der Waals surface area contributed by atoms with Crippen LogP contribution in [0.3, 0.4) is 0 Å². The Balaban J connectivity index is 1.62. The molecule has 54 heavy (non-hydrogen) atoms. The third kappa shape index (κ3) is 11.1. The number of fused-ring (bicyclic) bond motifs is 1.